The van der Waals surface area contributed by atoms with Crippen LogP contribution in [0.2, 0.25) is 0 Å². The molecule has 0 bridgehead atoms. The zero-order chi connectivity index (χ0) is 12.8. The van der Waals surface area contributed by atoms with Crippen molar-refractivity contribution in [2.45, 2.75) is 31.5 Å². The van der Waals surface area contributed by atoms with Gasteiger partial charge in [-0.05, 0) is 13.3 Å². The highest BCUT2D eigenvalue weighted by Crippen LogP contribution is 2.52. The van der Waals surface area contributed by atoms with Crippen LogP contribution in [0.5, 0.6) is 0 Å². The molecule has 96 valence electrons. The minimum Gasteiger partial charge on any atom is -0.466 e. The second-order valence-corrected chi connectivity index (χ2v) is 4.44. The van der Waals surface area contributed by atoms with Crippen LogP contribution in [-0.2, 0) is 14.4 Å². The molecule has 7 heteroatoms. The summed E-state index contributed by atoms with van der Waals surface area (Å²) in [5.74, 6) is -2.96. The Morgan fingerprint density at radius 3 is 2.76 bits per heavy atom. The van der Waals surface area contributed by atoms with E-state index in [9.17, 15) is 18.0 Å². The van der Waals surface area contributed by atoms with Crippen LogP contribution in [-0.4, -0.2) is 30.6 Å². The Hall–Kier alpha value is -1.27. The van der Waals surface area contributed by atoms with Gasteiger partial charge in [-0.1, -0.05) is 5.16 Å². The quantitative estimate of drug-likeness (QED) is 0.669. The molecule has 17 heavy (non-hydrogen) atoms. The maximum absolute atomic E-state index is 12.7. The van der Waals surface area contributed by atoms with E-state index in [2.05, 4.69) is 9.89 Å². The molecule has 0 amide bonds. The molecule has 1 saturated carbocycles. The second-order valence-electron chi connectivity index (χ2n) is 4.44. The summed E-state index contributed by atoms with van der Waals surface area (Å²) in [6.07, 6.45) is -4.92. The van der Waals surface area contributed by atoms with E-state index in [0.717, 1.165) is 7.11 Å². The summed E-state index contributed by atoms with van der Waals surface area (Å²) >= 11 is 0. The number of esters is 1. The molecule has 0 saturated heterocycles. The van der Waals surface area contributed by atoms with Gasteiger partial charge in [0.25, 0.3) is 0 Å². The number of carbonyl (C=O) groups is 1. The van der Waals surface area contributed by atoms with Crippen LogP contribution in [0.3, 0.4) is 0 Å². The van der Waals surface area contributed by atoms with Crippen molar-refractivity contribution in [3.8, 4) is 0 Å². The summed E-state index contributed by atoms with van der Waals surface area (Å²) in [4.78, 5) is 16.6. The molecule has 1 aliphatic carbocycles. The van der Waals surface area contributed by atoms with Gasteiger partial charge in [-0.25, -0.2) is 4.79 Å². The molecule has 1 fully saturated rings. The lowest BCUT2D eigenvalue weighted by atomic mass is 9.88. The fourth-order valence-corrected chi connectivity index (χ4v) is 2.58. The van der Waals surface area contributed by atoms with E-state index in [1.165, 1.54) is 0 Å². The first-order chi connectivity index (χ1) is 7.81. The first kappa shape index (κ1) is 12.2. The molecule has 2 rings (SSSR count). The zero-order valence-electron chi connectivity index (χ0n) is 9.37. The number of carbonyl (C=O) groups excluding carboxylic acids is 1. The molecule has 2 aliphatic rings. The van der Waals surface area contributed by atoms with Crippen molar-refractivity contribution in [1.29, 1.82) is 0 Å². The predicted octanol–water partition coefficient (Wildman–Crippen LogP) is 1.89. The summed E-state index contributed by atoms with van der Waals surface area (Å²) in [5, 5.41) is 3.63. The van der Waals surface area contributed by atoms with Crippen molar-refractivity contribution in [3.05, 3.63) is 0 Å². The van der Waals surface area contributed by atoms with Gasteiger partial charge in [-0.15, -0.1) is 0 Å². The third-order valence-corrected chi connectivity index (χ3v) is 3.48. The summed E-state index contributed by atoms with van der Waals surface area (Å²) in [6.45, 7) is 1.56. The standard InChI is InChI=1S/C10H12F3NO3/c1-5-7-3-6(10(11,12)13)4-9(7,17-14-5)8(15)16-2/h6-7H,3-4H2,1-2H3. The van der Waals surface area contributed by atoms with Crippen molar-refractivity contribution < 1.29 is 27.5 Å². The van der Waals surface area contributed by atoms with Crippen LogP contribution >= 0.6 is 0 Å². The van der Waals surface area contributed by atoms with Gasteiger partial charge in [-0.3, -0.25) is 0 Å². The maximum atomic E-state index is 12.7. The zero-order valence-corrected chi connectivity index (χ0v) is 9.37. The molecule has 0 aromatic carbocycles. The minimum absolute atomic E-state index is 0.173. The topological polar surface area (TPSA) is 47.9 Å². The first-order valence-corrected chi connectivity index (χ1v) is 5.19. The molecule has 3 atom stereocenters. The first-order valence-electron chi connectivity index (χ1n) is 5.19. The van der Waals surface area contributed by atoms with Gasteiger partial charge in [0.05, 0.1) is 24.7 Å². The third-order valence-electron chi connectivity index (χ3n) is 3.48. The summed E-state index contributed by atoms with van der Waals surface area (Å²) in [7, 11) is 1.13. The number of oxime groups is 1. The highest BCUT2D eigenvalue weighted by Gasteiger charge is 2.65. The van der Waals surface area contributed by atoms with Crippen LogP contribution in [0.1, 0.15) is 19.8 Å². The summed E-state index contributed by atoms with van der Waals surface area (Å²) in [5.41, 5.74) is -1.15. The lowest BCUT2D eigenvalue weighted by Gasteiger charge is -2.23. The molecular formula is C10H12F3NO3. The Morgan fingerprint density at radius 2 is 2.24 bits per heavy atom. The highest BCUT2D eigenvalue weighted by molar-refractivity contribution is 5.95. The Kier molecular flexibility index (Phi) is 2.59. The van der Waals surface area contributed by atoms with Gasteiger partial charge in [0.2, 0.25) is 5.60 Å². The average molecular weight is 251 g/mol. The monoisotopic (exact) mass is 251 g/mol. The van der Waals surface area contributed by atoms with Crippen LogP contribution < -0.4 is 0 Å². The number of hydrogen-bond acceptors (Lipinski definition) is 4. The van der Waals surface area contributed by atoms with Crippen LogP contribution in [0.15, 0.2) is 5.16 Å². The van der Waals surface area contributed by atoms with Gasteiger partial charge in [0.1, 0.15) is 0 Å². The number of nitrogens with zero attached hydrogens (tertiary/aromatic N) is 1. The number of hydrogen-bond donors (Lipinski definition) is 0. The van der Waals surface area contributed by atoms with Gasteiger partial charge in [0.15, 0.2) is 0 Å². The van der Waals surface area contributed by atoms with Gasteiger partial charge in [-0.2, -0.15) is 13.2 Å². The van der Waals surface area contributed by atoms with Crippen molar-refractivity contribution in [2.24, 2.45) is 17.0 Å². The van der Waals surface area contributed by atoms with Gasteiger partial charge < -0.3 is 9.57 Å². The molecule has 0 radical (unpaired) electrons. The number of rotatable bonds is 1. The van der Waals surface area contributed by atoms with E-state index in [1.54, 1.807) is 6.92 Å². The molecule has 4 nitrogen and oxygen atoms in total. The third kappa shape index (κ3) is 1.68. The number of methoxy groups -OCH3 is 1. The predicted molar refractivity (Wildman–Crippen MR) is 51.2 cm³/mol. The fourth-order valence-electron chi connectivity index (χ4n) is 2.58. The van der Waals surface area contributed by atoms with Gasteiger partial charge in [0, 0.05) is 6.42 Å². The SMILES string of the molecule is COC(=O)C12CC(C(F)(F)F)CC1C(C)=NO2. The van der Waals surface area contributed by atoms with Crippen LogP contribution in [0.4, 0.5) is 13.2 Å². The lowest BCUT2D eigenvalue weighted by molar-refractivity contribution is -0.185. The highest BCUT2D eigenvalue weighted by atomic mass is 19.4. The van der Waals surface area contributed by atoms with E-state index in [-0.39, 0.29) is 6.42 Å². The summed E-state index contributed by atoms with van der Waals surface area (Å²) < 4.78 is 42.6. The molecule has 0 aromatic heterocycles. The summed E-state index contributed by atoms with van der Waals surface area (Å²) in [6, 6.07) is 0. The van der Waals surface area contributed by atoms with E-state index >= 15 is 0 Å². The number of halogens is 3. The smallest absolute Gasteiger partial charge is 0.392 e. The van der Waals surface area contributed by atoms with Crippen molar-refractivity contribution in [1.82, 2.24) is 0 Å². The molecule has 1 heterocycles. The molecule has 3 unspecified atom stereocenters. The van der Waals surface area contributed by atoms with Gasteiger partial charge >= 0.3 is 12.1 Å². The Balaban J connectivity index is 2.30. The van der Waals surface area contributed by atoms with E-state index in [1.807, 2.05) is 0 Å². The second kappa shape index (κ2) is 3.61. The van der Waals surface area contributed by atoms with E-state index in [0.29, 0.717) is 5.71 Å². The number of ether oxygens (including phenoxy) is 1. The Morgan fingerprint density at radius 1 is 1.59 bits per heavy atom. The number of fused-ring (bicyclic) bond motifs is 1. The van der Waals surface area contributed by atoms with Crippen molar-refractivity contribution in [3.63, 3.8) is 0 Å². The Labute approximate surface area is 95.7 Å². The largest absolute Gasteiger partial charge is 0.466 e. The Bertz CT molecular complexity index is 379. The molecule has 1 aliphatic heterocycles. The fraction of sp³-hybridized carbons (Fsp3) is 0.800. The van der Waals surface area contributed by atoms with Crippen molar-refractivity contribution >= 4 is 11.7 Å². The molecule has 0 aromatic rings. The molecule has 0 N–H and O–H groups in total. The molecular weight excluding hydrogens is 239 g/mol. The average Bonchev–Trinajstić information content (AvgIpc) is 2.76. The van der Waals surface area contributed by atoms with Crippen LogP contribution in [0, 0.1) is 11.8 Å². The number of alkyl halides is 3. The van der Waals surface area contributed by atoms with E-state index in [4.69, 9.17) is 4.84 Å². The maximum Gasteiger partial charge on any atom is 0.392 e. The normalized spacial score (nSPS) is 36.2. The lowest BCUT2D eigenvalue weighted by Crippen LogP contribution is -2.43. The minimum atomic E-state index is -4.32. The van der Waals surface area contributed by atoms with Crippen molar-refractivity contribution in [2.75, 3.05) is 7.11 Å². The molecule has 0 spiro atoms. The van der Waals surface area contributed by atoms with Crippen LogP contribution in [0.25, 0.3) is 0 Å². The van der Waals surface area contributed by atoms with E-state index < -0.39 is 36.0 Å².